The lowest BCUT2D eigenvalue weighted by atomic mass is 9.97. The molecular weight excluding hydrogens is 338 g/mol. The molecule has 1 aliphatic rings. The fraction of sp³-hybridized carbons (Fsp3) is 0.471. The largest absolute Gasteiger partial charge is 0.350 e. The summed E-state index contributed by atoms with van der Waals surface area (Å²) in [4.78, 5) is 38.8. The summed E-state index contributed by atoms with van der Waals surface area (Å²) in [5, 5.41) is 5.58. The van der Waals surface area contributed by atoms with Gasteiger partial charge in [0.15, 0.2) is 10.8 Å². The molecule has 0 radical (unpaired) electrons. The minimum Gasteiger partial charge on any atom is -0.350 e. The van der Waals surface area contributed by atoms with Gasteiger partial charge in [-0.25, -0.2) is 15.0 Å². The molecule has 0 saturated carbocycles. The zero-order valence-electron chi connectivity index (χ0n) is 14.1. The first-order chi connectivity index (χ1) is 12.2. The third-order valence-electron chi connectivity index (χ3n) is 4.20. The van der Waals surface area contributed by atoms with Crippen LogP contribution in [0, 0.1) is 5.92 Å². The molecule has 1 saturated heterocycles. The van der Waals surface area contributed by atoms with E-state index < -0.39 is 0 Å². The summed E-state index contributed by atoms with van der Waals surface area (Å²) < 4.78 is 0. The Labute approximate surface area is 150 Å². The zero-order valence-corrected chi connectivity index (χ0v) is 15.0. The van der Waals surface area contributed by atoms with E-state index in [9.17, 15) is 9.59 Å². The Balaban J connectivity index is 1.54. The van der Waals surface area contributed by atoms with Crippen molar-refractivity contribution in [2.24, 2.45) is 5.92 Å². The van der Waals surface area contributed by atoms with Gasteiger partial charge < -0.3 is 10.2 Å². The Morgan fingerprint density at radius 3 is 2.92 bits per heavy atom. The summed E-state index contributed by atoms with van der Waals surface area (Å²) in [6, 6.07) is 1.76. The minimum absolute atomic E-state index is 0.0147. The number of aromatic nitrogens is 3. The Hall–Kier alpha value is -2.35. The van der Waals surface area contributed by atoms with Crippen molar-refractivity contribution in [3.8, 4) is 10.8 Å². The molecule has 25 heavy (non-hydrogen) atoms. The lowest BCUT2D eigenvalue weighted by Crippen LogP contribution is -2.45. The van der Waals surface area contributed by atoms with Gasteiger partial charge in [0.05, 0.1) is 18.2 Å². The fourth-order valence-corrected chi connectivity index (χ4v) is 3.63. The van der Waals surface area contributed by atoms with Crippen LogP contribution in [0.3, 0.4) is 0 Å². The van der Waals surface area contributed by atoms with E-state index >= 15 is 0 Å². The zero-order chi connectivity index (χ0) is 17.6. The predicted octanol–water partition coefficient (Wildman–Crippen LogP) is 1.86. The monoisotopic (exact) mass is 359 g/mol. The van der Waals surface area contributed by atoms with Gasteiger partial charge in [0.25, 0.3) is 0 Å². The van der Waals surface area contributed by atoms with Gasteiger partial charge >= 0.3 is 0 Å². The summed E-state index contributed by atoms with van der Waals surface area (Å²) in [5.74, 6) is 0.550. The van der Waals surface area contributed by atoms with E-state index in [2.05, 4.69) is 20.3 Å². The number of carbonyl (C=O) groups excluding carboxylic acids is 2. The molecule has 132 valence electrons. The van der Waals surface area contributed by atoms with E-state index in [-0.39, 0.29) is 17.7 Å². The topological polar surface area (TPSA) is 88.1 Å². The number of likely N-dealkylation sites (tertiary alicyclic amines) is 1. The van der Waals surface area contributed by atoms with Crippen LogP contribution in [0.2, 0.25) is 0 Å². The van der Waals surface area contributed by atoms with Crippen molar-refractivity contribution in [3.63, 3.8) is 0 Å². The number of nitrogens with zero attached hydrogens (tertiary/aromatic N) is 4. The first-order valence-electron chi connectivity index (χ1n) is 8.44. The molecule has 2 amide bonds. The van der Waals surface area contributed by atoms with E-state index in [4.69, 9.17) is 0 Å². The Bertz CT molecular complexity index is 734. The lowest BCUT2D eigenvalue weighted by Gasteiger charge is -2.31. The number of carbonyl (C=O) groups is 2. The van der Waals surface area contributed by atoms with Crippen LogP contribution in [0.25, 0.3) is 10.8 Å². The fourth-order valence-electron chi connectivity index (χ4n) is 2.86. The number of nitrogens with one attached hydrogen (secondary N) is 1. The van der Waals surface area contributed by atoms with Crippen molar-refractivity contribution in [3.05, 3.63) is 29.5 Å². The third-order valence-corrected chi connectivity index (χ3v) is 5.09. The molecular formula is C17H21N5O2S. The molecule has 3 heterocycles. The van der Waals surface area contributed by atoms with Gasteiger partial charge in [-0.05, 0) is 18.9 Å². The van der Waals surface area contributed by atoms with Crippen LogP contribution in [0.1, 0.15) is 31.9 Å². The van der Waals surface area contributed by atoms with Gasteiger partial charge in [-0.1, -0.05) is 6.92 Å². The predicted molar refractivity (Wildman–Crippen MR) is 94.6 cm³/mol. The summed E-state index contributed by atoms with van der Waals surface area (Å²) in [7, 11) is 0. The van der Waals surface area contributed by atoms with Crippen molar-refractivity contribution in [2.45, 2.75) is 32.7 Å². The van der Waals surface area contributed by atoms with Gasteiger partial charge in [-0.2, -0.15) is 0 Å². The number of piperidine rings is 1. The molecule has 0 spiro atoms. The molecule has 2 aromatic rings. The highest BCUT2D eigenvalue weighted by atomic mass is 32.1. The first kappa shape index (κ1) is 17.5. The highest BCUT2D eigenvalue weighted by molar-refractivity contribution is 7.13. The van der Waals surface area contributed by atoms with Gasteiger partial charge in [-0.15, -0.1) is 11.3 Å². The van der Waals surface area contributed by atoms with Crippen LogP contribution in [-0.2, 0) is 16.1 Å². The summed E-state index contributed by atoms with van der Waals surface area (Å²) in [6.45, 7) is 3.49. The van der Waals surface area contributed by atoms with Gasteiger partial charge in [0.2, 0.25) is 11.8 Å². The van der Waals surface area contributed by atoms with E-state index in [0.717, 1.165) is 30.1 Å². The molecule has 1 atom stereocenters. The molecule has 0 unspecified atom stereocenters. The maximum absolute atomic E-state index is 12.4. The van der Waals surface area contributed by atoms with Crippen LogP contribution < -0.4 is 5.32 Å². The van der Waals surface area contributed by atoms with Crippen molar-refractivity contribution in [2.75, 3.05) is 13.1 Å². The summed E-state index contributed by atoms with van der Waals surface area (Å²) in [6.07, 6.45) is 5.53. The normalized spacial score (nSPS) is 17.3. The number of thiazole rings is 1. The average molecular weight is 359 g/mol. The molecule has 7 nitrogen and oxygen atoms in total. The standard InChI is InChI=1S/C17H21N5O2S/c1-2-14(23)22-8-3-5-12(10-22)16(24)20-9-13-11-25-17(21-13)15-18-6-4-7-19-15/h4,6-7,11-12H,2-3,5,8-10H2,1H3,(H,20,24)/t12-/m1/s1. The lowest BCUT2D eigenvalue weighted by molar-refractivity contribution is -0.135. The van der Waals surface area contributed by atoms with Gasteiger partial charge in [0.1, 0.15) is 0 Å². The second-order valence-electron chi connectivity index (χ2n) is 5.97. The quantitative estimate of drug-likeness (QED) is 0.880. The first-order valence-corrected chi connectivity index (χ1v) is 9.32. The number of rotatable bonds is 5. The van der Waals surface area contributed by atoms with Crippen LogP contribution in [0.5, 0.6) is 0 Å². The molecule has 1 aliphatic heterocycles. The SMILES string of the molecule is CCC(=O)N1CCC[C@@H](C(=O)NCc2csc(-c3ncccn3)n2)C1. The maximum atomic E-state index is 12.4. The van der Waals surface area contributed by atoms with Gasteiger partial charge in [-0.3, -0.25) is 9.59 Å². The van der Waals surface area contributed by atoms with E-state index in [1.165, 1.54) is 11.3 Å². The van der Waals surface area contributed by atoms with Crippen LogP contribution in [-0.4, -0.2) is 44.8 Å². The Morgan fingerprint density at radius 2 is 2.16 bits per heavy atom. The second kappa shape index (κ2) is 8.15. The summed E-state index contributed by atoms with van der Waals surface area (Å²) in [5.41, 5.74) is 0.790. The number of hydrogen-bond acceptors (Lipinski definition) is 6. The molecule has 2 aromatic heterocycles. The minimum atomic E-state index is -0.139. The van der Waals surface area contributed by atoms with E-state index in [1.807, 2.05) is 12.3 Å². The maximum Gasteiger partial charge on any atom is 0.225 e. The number of amides is 2. The Morgan fingerprint density at radius 1 is 1.36 bits per heavy atom. The van der Waals surface area contributed by atoms with Crippen LogP contribution in [0.15, 0.2) is 23.8 Å². The molecule has 0 aliphatic carbocycles. The molecule has 3 rings (SSSR count). The van der Waals surface area contributed by atoms with Gasteiger partial charge in [0, 0.05) is 37.3 Å². The number of hydrogen-bond donors (Lipinski definition) is 1. The molecule has 1 fully saturated rings. The smallest absolute Gasteiger partial charge is 0.225 e. The van der Waals surface area contributed by atoms with Crippen molar-refractivity contribution < 1.29 is 9.59 Å². The molecule has 0 bridgehead atoms. The van der Waals surface area contributed by atoms with Crippen molar-refractivity contribution in [1.82, 2.24) is 25.2 Å². The highest BCUT2D eigenvalue weighted by Crippen LogP contribution is 2.20. The molecule has 0 aromatic carbocycles. The average Bonchev–Trinajstić information content (AvgIpc) is 3.15. The highest BCUT2D eigenvalue weighted by Gasteiger charge is 2.27. The van der Waals surface area contributed by atoms with E-state index in [0.29, 0.717) is 25.3 Å². The Kier molecular flexibility index (Phi) is 5.70. The van der Waals surface area contributed by atoms with Crippen molar-refractivity contribution >= 4 is 23.2 Å². The molecule has 1 N–H and O–H groups in total. The van der Waals surface area contributed by atoms with Crippen LogP contribution in [0.4, 0.5) is 0 Å². The van der Waals surface area contributed by atoms with Crippen molar-refractivity contribution in [1.29, 1.82) is 0 Å². The summed E-state index contributed by atoms with van der Waals surface area (Å²) >= 11 is 1.46. The van der Waals surface area contributed by atoms with Crippen LogP contribution >= 0.6 is 11.3 Å². The third kappa shape index (κ3) is 4.39. The molecule has 8 heteroatoms. The van der Waals surface area contributed by atoms with E-state index in [1.54, 1.807) is 23.4 Å². The second-order valence-corrected chi connectivity index (χ2v) is 6.82.